The number of allylic oxidation sites excluding steroid dienone is 1. The molecule has 2 N–H and O–H groups in total. The summed E-state index contributed by atoms with van der Waals surface area (Å²) >= 11 is 0. The third kappa shape index (κ3) is 4.60. The first-order chi connectivity index (χ1) is 18.1. The fraction of sp³-hybridized carbons (Fsp3) is 0.370. The molecule has 0 bridgehead atoms. The molecule has 0 saturated carbocycles. The molecule has 0 radical (unpaired) electrons. The van der Waals surface area contributed by atoms with Crippen molar-refractivity contribution < 1.29 is 5.11 Å². The number of hydrogen-bond acceptors (Lipinski definition) is 6. The zero-order valence-electron chi connectivity index (χ0n) is 21.2. The van der Waals surface area contributed by atoms with E-state index >= 15 is 0 Å². The van der Waals surface area contributed by atoms with Crippen molar-refractivity contribution in [1.29, 1.82) is 0 Å². The van der Waals surface area contributed by atoms with E-state index in [0.717, 1.165) is 47.5 Å². The topological polar surface area (TPSA) is 119 Å². The van der Waals surface area contributed by atoms with Crippen molar-refractivity contribution >= 4 is 6.21 Å². The lowest BCUT2D eigenvalue weighted by atomic mass is 9.76. The summed E-state index contributed by atoms with van der Waals surface area (Å²) in [5.41, 5.74) is 3.05. The average molecular weight is 501 g/mol. The highest BCUT2D eigenvalue weighted by Crippen LogP contribution is 2.35. The summed E-state index contributed by atoms with van der Waals surface area (Å²) < 4.78 is 5.60. The number of benzene rings is 1. The highest BCUT2D eigenvalue weighted by Gasteiger charge is 2.33. The molecule has 1 aliphatic rings. The first-order valence-electron chi connectivity index (χ1n) is 12.7. The molecule has 1 unspecified atom stereocenters. The monoisotopic (exact) mass is 500 g/mol. The number of rotatable bonds is 10. The summed E-state index contributed by atoms with van der Waals surface area (Å²) in [7, 11) is 0. The van der Waals surface area contributed by atoms with Crippen molar-refractivity contribution in [2.45, 2.75) is 64.6 Å². The smallest absolute Gasteiger partial charge is 0.334 e. The number of nitrogens with zero attached hydrogens (tertiary/aromatic N) is 7. The standard InChI is InChI=1S/C27H32N8O2/c1-3-5-9-23-17-34(25-21(18-36)10-15-33(25)4-2)26(37)35(23)19-27(11-13-28-14-12-27)22-8-6-7-20(16-22)24-29-31-32-30-24/h6-8,10-11,13-17,36H,3-5,9,12,18-19H2,1-2H3,(H,29,30,31,32). The molecule has 0 fully saturated rings. The molecule has 3 aromatic heterocycles. The Balaban J connectivity index is 1.63. The summed E-state index contributed by atoms with van der Waals surface area (Å²) in [5, 5.41) is 24.3. The molecule has 4 aromatic rings. The molecule has 0 saturated heterocycles. The summed E-state index contributed by atoms with van der Waals surface area (Å²) in [4.78, 5) is 18.4. The first kappa shape index (κ1) is 24.6. The van der Waals surface area contributed by atoms with Crippen LogP contribution in [0.4, 0.5) is 0 Å². The molecule has 0 aliphatic carbocycles. The Hall–Kier alpha value is -4.05. The van der Waals surface area contributed by atoms with Crippen LogP contribution in [-0.2, 0) is 31.5 Å². The van der Waals surface area contributed by atoms with E-state index < -0.39 is 5.41 Å². The molecule has 192 valence electrons. The van der Waals surface area contributed by atoms with Gasteiger partial charge < -0.3 is 9.67 Å². The van der Waals surface area contributed by atoms with Crippen molar-refractivity contribution in [3.8, 4) is 17.2 Å². The zero-order chi connectivity index (χ0) is 25.8. The third-order valence-electron chi connectivity index (χ3n) is 7.14. The minimum Gasteiger partial charge on any atom is -0.392 e. The molecule has 0 amide bonds. The molecule has 1 atom stereocenters. The van der Waals surface area contributed by atoms with Crippen LogP contribution in [0.2, 0.25) is 0 Å². The van der Waals surface area contributed by atoms with Gasteiger partial charge in [0.25, 0.3) is 0 Å². The number of aromatic nitrogens is 7. The number of nitrogens with one attached hydrogen (secondary N) is 1. The van der Waals surface area contributed by atoms with E-state index in [1.807, 2.05) is 59.1 Å². The largest absolute Gasteiger partial charge is 0.392 e. The highest BCUT2D eigenvalue weighted by molar-refractivity contribution is 5.65. The minimum atomic E-state index is -0.477. The van der Waals surface area contributed by atoms with Crippen LogP contribution in [-0.4, -0.2) is 45.6 Å². The van der Waals surface area contributed by atoms with Crippen LogP contribution in [0.1, 0.15) is 49.9 Å². The molecule has 10 heteroatoms. The van der Waals surface area contributed by atoms with Crippen LogP contribution >= 0.6 is 0 Å². The van der Waals surface area contributed by atoms with E-state index in [2.05, 4.69) is 50.7 Å². The van der Waals surface area contributed by atoms with Crippen molar-refractivity contribution in [3.05, 3.63) is 82.3 Å². The van der Waals surface area contributed by atoms with Gasteiger partial charge in [-0.25, -0.2) is 9.89 Å². The molecule has 0 spiro atoms. The Labute approximate surface area is 215 Å². The van der Waals surface area contributed by atoms with Gasteiger partial charge in [-0.05, 0) is 54.3 Å². The number of imidazole rings is 1. The van der Waals surface area contributed by atoms with Gasteiger partial charge in [0.15, 0.2) is 5.82 Å². The van der Waals surface area contributed by atoms with Gasteiger partial charge in [0.05, 0.1) is 6.61 Å². The summed E-state index contributed by atoms with van der Waals surface area (Å²) in [6, 6.07) is 9.98. The number of hydrogen-bond donors (Lipinski definition) is 2. The van der Waals surface area contributed by atoms with Crippen LogP contribution in [0.3, 0.4) is 0 Å². The molecular weight excluding hydrogens is 468 g/mol. The lowest BCUT2D eigenvalue weighted by molar-refractivity contribution is 0.281. The Morgan fingerprint density at radius 3 is 2.81 bits per heavy atom. The Bertz CT molecular complexity index is 1450. The maximum absolute atomic E-state index is 14.0. The van der Waals surface area contributed by atoms with Crippen molar-refractivity contribution in [2.75, 3.05) is 0 Å². The second kappa shape index (κ2) is 10.5. The molecule has 37 heavy (non-hydrogen) atoms. The van der Waals surface area contributed by atoms with Gasteiger partial charge in [-0.1, -0.05) is 37.6 Å². The van der Waals surface area contributed by atoms with Crippen LogP contribution in [0.15, 0.2) is 64.8 Å². The number of aromatic amines is 1. The predicted octanol–water partition coefficient (Wildman–Crippen LogP) is 3.40. The van der Waals surface area contributed by atoms with E-state index in [9.17, 15) is 9.90 Å². The highest BCUT2D eigenvalue weighted by atomic mass is 16.3. The van der Waals surface area contributed by atoms with Gasteiger partial charge in [-0.3, -0.25) is 14.1 Å². The SMILES string of the molecule is CCCCc1cn(-c2c(CO)ccn2CC)c(=O)n1CC1(c2cccc(-c3nnn[nH]3)c2)C=CN=CC1. The number of H-pyrrole nitrogens is 1. The van der Waals surface area contributed by atoms with E-state index in [0.29, 0.717) is 25.3 Å². The van der Waals surface area contributed by atoms with E-state index in [1.165, 1.54) is 0 Å². The van der Waals surface area contributed by atoms with Crippen molar-refractivity contribution in [2.24, 2.45) is 4.99 Å². The molecule has 10 nitrogen and oxygen atoms in total. The zero-order valence-corrected chi connectivity index (χ0v) is 21.2. The lowest BCUT2D eigenvalue weighted by Crippen LogP contribution is -2.37. The van der Waals surface area contributed by atoms with Crippen molar-refractivity contribution in [3.63, 3.8) is 0 Å². The van der Waals surface area contributed by atoms with E-state index in [4.69, 9.17) is 0 Å². The Morgan fingerprint density at radius 2 is 2.11 bits per heavy atom. The molecular formula is C27H32N8O2. The fourth-order valence-corrected chi connectivity index (χ4v) is 5.08. The summed E-state index contributed by atoms with van der Waals surface area (Å²) in [5.74, 6) is 1.32. The number of aliphatic imine (C=N–C) groups is 1. The van der Waals surface area contributed by atoms with Gasteiger partial charge in [0.2, 0.25) is 0 Å². The number of unbranched alkanes of at least 4 members (excludes halogenated alkanes) is 1. The van der Waals surface area contributed by atoms with Crippen LogP contribution in [0, 0.1) is 0 Å². The maximum Gasteiger partial charge on any atom is 0.334 e. The number of tetrazole rings is 1. The summed E-state index contributed by atoms with van der Waals surface area (Å²) in [6.07, 6.45) is 13.1. The number of aliphatic hydroxyl groups excluding tert-OH is 1. The quantitative estimate of drug-likeness (QED) is 0.346. The molecule has 1 aliphatic heterocycles. The molecule has 1 aromatic carbocycles. The Morgan fingerprint density at radius 1 is 1.22 bits per heavy atom. The molecule has 4 heterocycles. The van der Waals surface area contributed by atoms with Crippen LogP contribution < -0.4 is 5.69 Å². The fourth-order valence-electron chi connectivity index (χ4n) is 5.08. The van der Waals surface area contributed by atoms with Gasteiger partial charge in [-0.15, -0.1) is 5.10 Å². The van der Waals surface area contributed by atoms with Gasteiger partial charge >= 0.3 is 5.69 Å². The Kier molecular flexibility index (Phi) is 7.00. The third-order valence-corrected chi connectivity index (χ3v) is 7.14. The second-order valence-corrected chi connectivity index (χ2v) is 9.41. The van der Waals surface area contributed by atoms with Crippen LogP contribution in [0.25, 0.3) is 17.2 Å². The average Bonchev–Trinajstić information content (AvgIpc) is 3.68. The second-order valence-electron chi connectivity index (χ2n) is 9.41. The minimum absolute atomic E-state index is 0.111. The van der Waals surface area contributed by atoms with Crippen LogP contribution in [0.5, 0.6) is 0 Å². The lowest BCUT2D eigenvalue weighted by Gasteiger charge is -2.32. The van der Waals surface area contributed by atoms with Gasteiger partial charge in [-0.2, -0.15) is 0 Å². The summed E-state index contributed by atoms with van der Waals surface area (Å²) in [6.45, 7) is 5.21. The van der Waals surface area contributed by atoms with Crippen molar-refractivity contribution in [1.82, 2.24) is 34.3 Å². The first-order valence-corrected chi connectivity index (χ1v) is 12.7. The predicted molar refractivity (Wildman–Crippen MR) is 142 cm³/mol. The van der Waals surface area contributed by atoms with E-state index in [-0.39, 0.29) is 12.3 Å². The molecule has 5 rings (SSSR count). The normalized spacial score (nSPS) is 17.1. The maximum atomic E-state index is 14.0. The van der Waals surface area contributed by atoms with Gasteiger partial charge in [0.1, 0.15) is 5.82 Å². The number of aryl methyl sites for hydroxylation is 2. The van der Waals surface area contributed by atoms with E-state index in [1.54, 1.807) is 4.57 Å². The number of aliphatic hydroxyl groups is 1. The van der Waals surface area contributed by atoms with Gasteiger partial charge in [0, 0.05) is 60.1 Å².